The Balaban J connectivity index is 1.88. The minimum Gasteiger partial charge on any atom is -0.366 e. The van der Waals surface area contributed by atoms with Crippen LogP contribution in [0.15, 0.2) is 0 Å². The molecular formula is C14H23F3O2S. The molecule has 6 heteroatoms. The number of hydrogen-bond donors (Lipinski definition) is 0. The van der Waals surface area contributed by atoms with Crippen molar-refractivity contribution in [1.29, 1.82) is 0 Å². The molecule has 1 rings (SSSR count). The summed E-state index contributed by atoms with van der Waals surface area (Å²) < 4.78 is 41.4. The zero-order valence-electron chi connectivity index (χ0n) is 12.1. The normalized spacial score (nSPS) is 25.8. The van der Waals surface area contributed by atoms with Crippen molar-refractivity contribution in [2.24, 2.45) is 0 Å². The standard InChI is InChI=1S/C14H23F3O2S/c1-3-13(2)12(19-13)8-6-4-5-7-9-20-10-11(18)14(15,16)17/h12H,3-10H2,1-2H3. The lowest BCUT2D eigenvalue weighted by atomic mass is 10.00. The van der Waals surface area contributed by atoms with E-state index in [4.69, 9.17) is 4.74 Å². The van der Waals surface area contributed by atoms with Gasteiger partial charge in [0.05, 0.1) is 17.5 Å². The van der Waals surface area contributed by atoms with Gasteiger partial charge >= 0.3 is 6.18 Å². The van der Waals surface area contributed by atoms with Crippen molar-refractivity contribution < 1.29 is 22.7 Å². The van der Waals surface area contributed by atoms with Crippen LogP contribution in [0.1, 0.15) is 52.4 Å². The number of epoxide rings is 1. The number of rotatable bonds is 10. The summed E-state index contributed by atoms with van der Waals surface area (Å²) in [5.41, 5.74) is 0.0911. The molecule has 2 unspecified atom stereocenters. The Bertz CT molecular complexity index is 320. The van der Waals surface area contributed by atoms with E-state index in [1.165, 1.54) is 0 Å². The quantitative estimate of drug-likeness (QED) is 0.443. The molecule has 0 aromatic rings. The Hall–Kier alpha value is -0.230. The highest BCUT2D eigenvalue weighted by atomic mass is 32.2. The van der Waals surface area contributed by atoms with Gasteiger partial charge in [-0.2, -0.15) is 24.9 Å². The molecule has 1 saturated heterocycles. The highest BCUT2D eigenvalue weighted by molar-refractivity contribution is 7.99. The summed E-state index contributed by atoms with van der Waals surface area (Å²) in [4.78, 5) is 10.6. The van der Waals surface area contributed by atoms with Gasteiger partial charge in [0.1, 0.15) is 0 Å². The fourth-order valence-electron chi connectivity index (χ4n) is 2.10. The first-order chi connectivity index (χ1) is 9.29. The fourth-order valence-corrected chi connectivity index (χ4v) is 3.00. The van der Waals surface area contributed by atoms with Crippen LogP contribution in [0.4, 0.5) is 13.2 Å². The van der Waals surface area contributed by atoms with Gasteiger partial charge in [-0.3, -0.25) is 4.79 Å². The van der Waals surface area contributed by atoms with Crippen molar-refractivity contribution >= 4 is 17.5 Å². The third kappa shape index (κ3) is 6.04. The molecule has 118 valence electrons. The predicted molar refractivity (Wildman–Crippen MR) is 75.0 cm³/mol. The van der Waals surface area contributed by atoms with Gasteiger partial charge in [0, 0.05) is 0 Å². The average Bonchev–Trinajstić information content (AvgIpc) is 3.03. The first kappa shape index (κ1) is 17.8. The first-order valence-electron chi connectivity index (χ1n) is 7.15. The maximum atomic E-state index is 11.9. The SMILES string of the molecule is CCC1(C)OC1CCCCCCSCC(=O)C(F)(F)F. The molecule has 1 heterocycles. The predicted octanol–water partition coefficient (Wildman–Crippen LogP) is 4.37. The molecule has 2 nitrogen and oxygen atoms in total. The second-order valence-electron chi connectivity index (χ2n) is 5.45. The van der Waals surface area contributed by atoms with E-state index in [0.29, 0.717) is 11.9 Å². The summed E-state index contributed by atoms with van der Waals surface area (Å²) >= 11 is 1.07. The first-order valence-corrected chi connectivity index (χ1v) is 8.30. The van der Waals surface area contributed by atoms with E-state index < -0.39 is 17.7 Å². The van der Waals surface area contributed by atoms with Crippen LogP contribution < -0.4 is 0 Å². The molecule has 0 aliphatic carbocycles. The highest BCUT2D eigenvalue weighted by Crippen LogP contribution is 2.41. The van der Waals surface area contributed by atoms with Crippen LogP contribution in [0.2, 0.25) is 0 Å². The number of ketones is 1. The van der Waals surface area contributed by atoms with E-state index >= 15 is 0 Å². The zero-order chi connectivity index (χ0) is 15.2. The smallest absolute Gasteiger partial charge is 0.366 e. The molecule has 0 radical (unpaired) electrons. The topological polar surface area (TPSA) is 29.6 Å². The number of ether oxygens (including phenoxy) is 1. The van der Waals surface area contributed by atoms with Crippen molar-refractivity contribution in [3.05, 3.63) is 0 Å². The Morgan fingerprint density at radius 2 is 1.90 bits per heavy atom. The van der Waals surface area contributed by atoms with Crippen molar-refractivity contribution in [2.45, 2.75) is 70.3 Å². The van der Waals surface area contributed by atoms with Crippen LogP contribution in [0.5, 0.6) is 0 Å². The molecule has 0 N–H and O–H groups in total. The van der Waals surface area contributed by atoms with Crippen molar-refractivity contribution in [2.75, 3.05) is 11.5 Å². The third-order valence-corrected chi connectivity index (χ3v) is 4.84. The highest BCUT2D eigenvalue weighted by Gasteiger charge is 2.49. The second kappa shape index (κ2) is 7.69. The van der Waals surface area contributed by atoms with Gasteiger partial charge in [-0.1, -0.05) is 26.2 Å². The van der Waals surface area contributed by atoms with Gasteiger partial charge in [0.25, 0.3) is 0 Å². The molecule has 0 spiro atoms. The second-order valence-corrected chi connectivity index (χ2v) is 6.55. The molecule has 2 atom stereocenters. The maximum absolute atomic E-state index is 11.9. The van der Waals surface area contributed by atoms with Crippen LogP contribution in [0.25, 0.3) is 0 Å². The van der Waals surface area contributed by atoms with E-state index in [-0.39, 0.29) is 5.60 Å². The number of thioether (sulfide) groups is 1. The number of alkyl halides is 3. The molecular weight excluding hydrogens is 289 g/mol. The summed E-state index contributed by atoms with van der Waals surface area (Å²) in [7, 11) is 0. The lowest BCUT2D eigenvalue weighted by Crippen LogP contribution is -2.24. The van der Waals surface area contributed by atoms with Gasteiger partial charge in [-0.25, -0.2) is 0 Å². The summed E-state index contributed by atoms with van der Waals surface area (Å²) in [6.45, 7) is 4.26. The molecule has 0 bridgehead atoms. The van der Waals surface area contributed by atoms with Crippen molar-refractivity contribution in [3.63, 3.8) is 0 Å². The summed E-state index contributed by atoms with van der Waals surface area (Å²) in [5.74, 6) is -1.46. The molecule has 1 aliphatic heterocycles. The molecule has 0 aromatic heterocycles. The van der Waals surface area contributed by atoms with Crippen LogP contribution >= 0.6 is 11.8 Å². The van der Waals surface area contributed by atoms with Gasteiger partial charge in [-0.05, 0) is 31.9 Å². The zero-order valence-corrected chi connectivity index (χ0v) is 12.9. The summed E-state index contributed by atoms with van der Waals surface area (Å²) in [5, 5.41) is 0. The van der Waals surface area contributed by atoms with Gasteiger partial charge in [0.2, 0.25) is 5.78 Å². The Kier molecular flexibility index (Phi) is 6.85. The van der Waals surface area contributed by atoms with Crippen LogP contribution in [0, 0.1) is 0 Å². The maximum Gasteiger partial charge on any atom is 0.450 e. The number of hydrogen-bond acceptors (Lipinski definition) is 3. The number of Topliss-reactive ketones (excluding diaryl/α,β-unsaturated/α-hetero) is 1. The van der Waals surface area contributed by atoms with Crippen LogP contribution in [-0.2, 0) is 9.53 Å². The summed E-state index contributed by atoms with van der Waals surface area (Å²) in [6, 6.07) is 0. The Morgan fingerprint density at radius 3 is 2.45 bits per heavy atom. The monoisotopic (exact) mass is 312 g/mol. The van der Waals surface area contributed by atoms with Crippen LogP contribution in [-0.4, -0.2) is 35.2 Å². The van der Waals surface area contributed by atoms with Crippen LogP contribution in [0.3, 0.4) is 0 Å². The Morgan fingerprint density at radius 1 is 1.25 bits per heavy atom. The van der Waals surface area contributed by atoms with E-state index in [0.717, 1.165) is 50.3 Å². The molecule has 20 heavy (non-hydrogen) atoms. The van der Waals surface area contributed by atoms with E-state index in [1.807, 2.05) is 0 Å². The minimum absolute atomic E-state index is 0.0911. The van der Waals surface area contributed by atoms with Gasteiger partial charge in [0.15, 0.2) is 0 Å². The van der Waals surface area contributed by atoms with E-state index in [2.05, 4.69) is 13.8 Å². The third-order valence-electron chi connectivity index (χ3n) is 3.79. The lowest BCUT2D eigenvalue weighted by molar-refractivity contribution is -0.167. The summed E-state index contributed by atoms with van der Waals surface area (Å²) in [6.07, 6.45) is 1.88. The lowest BCUT2D eigenvalue weighted by Gasteiger charge is -2.05. The van der Waals surface area contributed by atoms with Crippen molar-refractivity contribution in [3.8, 4) is 0 Å². The number of carbonyl (C=O) groups excluding carboxylic acids is 1. The molecule has 0 amide bonds. The number of unbranched alkanes of at least 4 members (excludes halogenated alkanes) is 3. The van der Waals surface area contributed by atoms with E-state index in [9.17, 15) is 18.0 Å². The molecule has 0 aromatic carbocycles. The molecule has 1 aliphatic rings. The fraction of sp³-hybridized carbons (Fsp3) is 0.929. The van der Waals surface area contributed by atoms with Gasteiger partial charge < -0.3 is 4.74 Å². The minimum atomic E-state index is -4.68. The number of halogens is 3. The largest absolute Gasteiger partial charge is 0.450 e. The van der Waals surface area contributed by atoms with E-state index in [1.54, 1.807) is 0 Å². The van der Waals surface area contributed by atoms with Crippen molar-refractivity contribution in [1.82, 2.24) is 0 Å². The number of carbonyl (C=O) groups is 1. The Labute approximate surface area is 122 Å². The molecule has 1 fully saturated rings. The average molecular weight is 312 g/mol. The molecule has 0 saturated carbocycles. The van der Waals surface area contributed by atoms with Gasteiger partial charge in [-0.15, -0.1) is 0 Å².